The van der Waals surface area contributed by atoms with E-state index in [0.717, 1.165) is 18.6 Å². The Kier molecular flexibility index (Phi) is 2.99. The van der Waals surface area contributed by atoms with E-state index in [2.05, 4.69) is 19.2 Å². The van der Waals surface area contributed by atoms with E-state index in [1.165, 1.54) is 0 Å². The Morgan fingerprint density at radius 2 is 2.12 bits per heavy atom. The Labute approximate surface area is 93.6 Å². The molecule has 16 heavy (non-hydrogen) atoms. The summed E-state index contributed by atoms with van der Waals surface area (Å²) in [6, 6.07) is 2.24. The van der Waals surface area contributed by atoms with E-state index in [1.807, 2.05) is 0 Å². The molecule has 4 heteroatoms. The zero-order valence-corrected chi connectivity index (χ0v) is 9.39. The maximum Gasteiger partial charge on any atom is 0.162 e. The molecule has 88 valence electrons. The minimum atomic E-state index is -0.870. The third-order valence-electron chi connectivity index (χ3n) is 3.07. The number of benzene rings is 1. The summed E-state index contributed by atoms with van der Waals surface area (Å²) in [6.07, 6.45) is 1.01. The van der Waals surface area contributed by atoms with Gasteiger partial charge in [-0.25, -0.2) is 8.78 Å². The van der Waals surface area contributed by atoms with Gasteiger partial charge in [-0.3, -0.25) is 0 Å². The van der Waals surface area contributed by atoms with Crippen LogP contribution in [0.5, 0.6) is 5.75 Å². The maximum absolute atomic E-state index is 13.0. The number of fused-ring (bicyclic) bond motifs is 1. The molecular weight excluding hydrogens is 212 g/mol. The van der Waals surface area contributed by atoms with Gasteiger partial charge in [-0.2, -0.15) is 0 Å². The smallest absolute Gasteiger partial charge is 0.162 e. The van der Waals surface area contributed by atoms with E-state index in [4.69, 9.17) is 4.74 Å². The molecule has 1 aromatic rings. The van der Waals surface area contributed by atoms with Crippen LogP contribution in [-0.4, -0.2) is 12.6 Å². The molecule has 2 rings (SSSR count). The van der Waals surface area contributed by atoms with Crippen molar-refractivity contribution in [3.05, 3.63) is 23.8 Å². The van der Waals surface area contributed by atoms with Gasteiger partial charge in [-0.1, -0.05) is 13.8 Å². The Hall–Kier alpha value is -1.32. The summed E-state index contributed by atoms with van der Waals surface area (Å²) in [4.78, 5) is 0. The highest BCUT2D eigenvalue weighted by Crippen LogP contribution is 2.33. The van der Waals surface area contributed by atoms with Crippen molar-refractivity contribution >= 4 is 5.69 Å². The van der Waals surface area contributed by atoms with Gasteiger partial charge in [0, 0.05) is 12.1 Å². The predicted octanol–water partition coefficient (Wildman–Crippen LogP) is 3.18. The Morgan fingerprint density at radius 1 is 1.44 bits per heavy atom. The number of hydrogen-bond acceptors (Lipinski definition) is 2. The van der Waals surface area contributed by atoms with Crippen molar-refractivity contribution in [3.8, 4) is 5.75 Å². The molecule has 1 aliphatic heterocycles. The van der Waals surface area contributed by atoms with Crippen molar-refractivity contribution in [2.75, 3.05) is 11.9 Å². The van der Waals surface area contributed by atoms with Gasteiger partial charge in [-0.05, 0) is 12.3 Å². The van der Waals surface area contributed by atoms with Crippen LogP contribution in [0.2, 0.25) is 0 Å². The summed E-state index contributed by atoms with van der Waals surface area (Å²) in [7, 11) is 0. The molecular formula is C12H15F2NO. The average molecular weight is 227 g/mol. The lowest BCUT2D eigenvalue weighted by Gasteiger charge is -2.31. The highest BCUT2D eigenvalue weighted by Gasteiger charge is 2.24. The van der Waals surface area contributed by atoms with Gasteiger partial charge in [-0.15, -0.1) is 0 Å². The van der Waals surface area contributed by atoms with Crippen LogP contribution in [-0.2, 0) is 0 Å². The van der Waals surface area contributed by atoms with Gasteiger partial charge in [0.2, 0.25) is 0 Å². The number of ether oxygens (including phenoxy) is 1. The van der Waals surface area contributed by atoms with Crippen molar-refractivity contribution < 1.29 is 13.5 Å². The molecule has 1 heterocycles. The van der Waals surface area contributed by atoms with Gasteiger partial charge < -0.3 is 10.1 Å². The minimum absolute atomic E-state index is 0.0161. The maximum atomic E-state index is 13.0. The molecule has 0 bridgehead atoms. The Bertz CT molecular complexity index is 395. The molecule has 1 aliphatic rings. The second-order valence-corrected chi connectivity index (χ2v) is 4.19. The normalized spacial score (nSPS) is 20.6. The van der Waals surface area contributed by atoms with Gasteiger partial charge in [0.15, 0.2) is 11.6 Å². The van der Waals surface area contributed by atoms with Crippen LogP contribution < -0.4 is 10.1 Å². The van der Waals surface area contributed by atoms with E-state index >= 15 is 0 Å². The van der Waals surface area contributed by atoms with E-state index in [0.29, 0.717) is 23.9 Å². The molecule has 0 radical (unpaired) electrons. The van der Waals surface area contributed by atoms with E-state index in [-0.39, 0.29) is 6.10 Å². The number of rotatable bonds is 2. The monoisotopic (exact) mass is 227 g/mol. The van der Waals surface area contributed by atoms with Crippen molar-refractivity contribution in [1.29, 1.82) is 0 Å². The first-order chi connectivity index (χ1) is 7.61. The third kappa shape index (κ3) is 1.96. The van der Waals surface area contributed by atoms with Crippen LogP contribution in [0.1, 0.15) is 20.3 Å². The minimum Gasteiger partial charge on any atom is -0.486 e. The van der Waals surface area contributed by atoms with Crippen LogP contribution in [0.4, 0.5) is 14.5 Å². The molecule has 0 fully saturated rings. The van der Waals surface area contributed by atoms with Crippen LogP contribution in [0.3, 0.4) is 0 Å². The first-order valence-electron chi connectivity index (χ1n) is 5.51. The van der Waals surface area contributed by atoms with E-state index in [1.54, 1.807) is 0 Å². The molecule has 1 aromatic carbocycles. The molecule has 2 nitrogen and oxygen atoms in total. The molecule has 0 saturated carbocycles. The first-order valence-corrected chi connectivity index (χ1v) is 5.51. The van der Waals surface area contributed by atoms with Gasteiger partial charge >= 0.3 is 0 Å². The van der Waals surface area contributed by atoms with Crippen LogP contribution >= 0.6 is 0 Å². The molecule has 0 saturated heterocycles. The van der Waals surface area contributed by atoms with Gasteiger partial charge in [0.05, 0.1) is 12.2 Å². The number of hydrogen-bond donors (Lipinski definition) is 1. The molecule has 0 amide bonds. The van der Waals surface area contributed by atoms with Gasteiger partial charge in [0.1, 0.15) is 11.9 Å². The fourth-order valence-electron chi connectivity index (χ4n) is 1.76. The number of halogens is 2. The van der Waals surface area contributed by atoms with Crippen molar-refractivity contribution in [1.82, 2.24) is 0 Å². The number of nitrogens with one attached hydrogen (secondary N) is 1. The Morgan fingerprint density at radius 3 is 2.81 bits per heavy atom. The van der Waals surface area contributed by atoms with Crippen LogP contribution in [0.25, 0.3) is 0 Å². The summed E-state index contributed by atoms with van der Waals surface area (Å²) in [5, 5.41) is 3.06. The molecule has 0 aromatic heterocycles. The summed E-state index contributed by atoms with van der Waals surface area (Å²) in [5.41, 5.74) is 0.526. The fourth-order valence-corrected chi connectivity index (χ4v) is 1.76. The lowest BCUT2D eigenvalue weighted by molar-refractivity contribution is 0.144. The summed E-state index contributed by atoms with van der Waals surface area (Å²) < 4.78 is 31.6. The van der Waals surface area contributed by atoms with Crippen molar-refractivity contribution in [2.45, 2.75) is 26.4 Å². The Balaban J connectivity index is 2.23. The second-order valence-electron chi connectivity index (χ2n) is 4.19. The lowest BCUT2D eigenvalue weighted by Crippen LogP contribution is -2.36. The number of anilines is 1. The highest BCUT2D eigenvalue weighted by molar-refractivity contribution is 5.58. The summed E-state index contributed by atoms with van der Waals surface area (Å²) in [6.45, 7) is 4.79. The SMILES string of the molecule is CCC(C)C1CNc2cc(F)c(F)cc2O1. The standard InChI is InChI=1S/C12H15F2NO/c1-3-7(2)12-6-15-10-4-8(13)9(14)5-11(10)16-12/h4-5,7,12,15H,3,6H2,1-2H3. The molecule has 1 N–H and O–H groups in total. The van der Waals surface area contributed by atoms with E-state index < -0.39 is 11.6 Å². The van der Waals surface area contributed by atoms with E-state index in [9.17, 15) is 8.78 Å². The second kappa shape index (κ2) is 4.28. The zero-order chi connectivity index (χ0) is 11.7. The average Bonchev–Trinajstić information content (AvgIpc) is 2.29. The van der Waals surface area contributed by atoms with Crippen molar-refractivity contribution in [2.24, 2.45) is 5.92 Å². The van der Waals surface area contributed by atoms with Crippen molar-refractivity contribution in [3.63, 3.8) is 0 Å². The first kappa shape index (κ1) is 11.2. The molecule has 0 spiro atoms. The third-order valence-corrected chi connectivity index (χ3v) is 3.07. The van der Waals surface area contributed by atoms with Gasteiger partial charge in [0.25, 0.3) is 0 Å². The molecule has 2 unspecified atom stereocenters. The zero-order valence-electron chi connectivity index (χ0n) is 9.39. The van der Waals surface area contributed by atoms with Crippen LogP contribution in [0, 0.1) is 17.6 Å². The fraction of sp³-hybridized carbons (Fsp3) is 0.500. The highest BCUT2D eigenvalue weighted by atomic mass is 19.2. The lowest BCUT2D eigenvalue weighted by atomic mass is 10.0. The predicted molar refractivity (Wildman–Crippen MR) is 58.7 cm³/mol. The summed E-state index contributed by atoms with van der Waals surface area (Å²) >= 11 is 0. The molecule has 0 aliphatic carbocycles. The topological polar surface area (TPSA) is 21.3 Å². The van der Waals surface area contributed by atoms with Crippen LogP contribution in [0.15, 0.2) is 12.1 Å². The largest absolute Gasteiger partial charge is 0.486 e. The quantitative estimate of drug-likeness (QED) is 0.837. The molecule has 2 atom stereocenters. The summed E-state index contributed by atoms with van der Waals surface area (Å²) in [5.74, 6) is -0.939.